The van der Waals surface area contributed by atoms with E-state index in [1.165, 1.54) is 11.3 Å². The first-order chi connectivity index (χ1) is 12.6. The molecule has 0 bridgehead atoms. The largest absolute Gasteiger partial charge is 0.353 e. The summed E-state index contributed by atoms with van der Waals surface area (Å²) >= 11 is 1.47. The minimum Gasteiger partial charge on any atom is -0.353 e. The van der Waals surface area contributed by atoms with Crippen molar-refractivity contribution in [3.8, 4) is 0 Å². The van der Waals surface area contributed by atoms with Crippen LogP contribution in [0.15, 0.2) is 6.20 Å². The Balaban J connectivity index is 1.28. The molecule has 6 nitrogen and oxygen atoms in total. The fourth-order valence-corrected chi connectivity index (χ4v) is 4.89. The van der Waals surface area contributed by atoms with Crippen LogP contribution in [0.25, 0.3) is 0 Å². The Kier molecular flexibility index (Phi) is 5.27. The van der Waals surface area contributed by atoms with E-state index in [1.54, 1.807) is 6.20 Å². The third-order valence-corrected chi connectivity index (χ3v) is 6.75. The van der Waals surface area contributed by atoms with Gasteiger partial charge >= 0.3 is 0 Å². The maximum absolute atomic E-state index is 12.6. The average molecular weight is 377 g/mol. The second-order valence-corrected chi connectivity index (χ2v) is 9.12. The lowest BCUT2D eigenvalue weighted by atomic mass is 9.93. The summed E-state index contributed by atoms with van der Waals surface area (Å²) in [6, 6.07) is 0.946. The molecule has 7 heteroatoms. The number of hydrogen-bond donors (Lipinski definition) is 1. The maximum atomic E-state index is 12.6. The van der Waals surface area contributed by atoms with Gasteiger partial charge < -0.3 is 10.2 Å². The Hall–Kier alpha value is -1.47. The number of carbonyl (C=O) groups is 2. The number of rotatable bonds is 4. The molecular weight excluding hydrogens is 348 g/mol. The van der Waals surface area contributed by atoms with Crippen LogP contribution in [0.4, 0.5) is 0 Å². The molecule has 26 heavy (non-hydrogen) atoms. The molecule has 2 aliphatic heterocycles. The Bertz CT molecular complexity index is 664. The van der Waals surface area contributed by atoms with Gasteiger partial charge in [-0.2, -0.15) is 0 Å². The molecule has 1 aromatic heterocycles. The van der Waals surface area contributed by atoms with Crippen LogP contribution in [0.1, 0.15) is 53.2 Å². The first-order valence-corrected chi connectivity index (χ1v) is 10.7. The van der Waals surface area contributed by atoms with E-state index >= 15 is 0 Å². The standard InChI is InChI=1S/C19H28N4O2S/c1-13-20-11-17(26-13)19(25)22-9-6-16(7-10-22)23-8-2-3-14(12-23)18(24)21-15-4-5-15/h11,14-16H,2-10,12H2,1H3,(H,21,24). The topological polar surface area (TPSA) is 65.5 Å². The lowest BCUT2D eigenvalue weighted by Gasteiger charge is -2.42. The zero-order chi connectivity index (χ0) is 18.1. The van der Waals surface area contributed by atoms with Gasteiger partial charge in [0.15, 0.2) is 0 Å². The monoisotopic (exact) mass is 376 g/mol. The Morgan fingerprint density at radius 2 is 1.92 bits per heavy atom. The predicted molar refractivity (Wildman–Crippen MR) is 101 cm³/mol. The quantitative estimate of drug-likeness (QED) is 0.873. The molecule has 4 rings (SSSR count). The van der Waals surface area contributed by atoms with Crippen molar-refractivity contribution in [1.82, 2.24) is 20.1 Å². The van der Waals surface area contributed by atoms with Crippen molar-refractivity contribution in [2.45, 2.75) is 57.5 Å². The van der Waals surface area contributed by atoms with Crippen LogP contribution in [0.2, 0.25) is 0 Å². The van der Waals surface area contributed by atoms with Gasteiger partial charge in [-0.1, -0.05) is 0 Å². The van der Waals surface area contributed by atoms with E-state index in [1.807, 2.05) is 11.8 Å². The molecule has 1 N–H and O–H groups in total. The van der Waals surface area contributed by atoms with Gasteiger partial charge in [0.2, 0.25) is 5.91 Å². The van der Waals surface area contributed by atoms with Crippen molar-refractivity contribution in [3.63, 3.8) is 0 Å². The van der Waals surface area contributed by atoms with Gasteiger partial charge in [-0.25, -0.2) is 4.98 Å². The molecule has 1 aliphatic carbocycles. The van der Waals surface area contributed by atoms with Crippen LogP contribution in [0.5, 0.6) is 0 Å². The Morgan fingerprint density at radius 1 is 1.15 bits per heavy atom. The normalized spacial score (nSPS) is 25.3. The number of nitrogens with one attached hydrogen (secondary N) is 1. The van der Waals surface area contributed by atoms with Crippen LogP contribution in [0, 0.1) is 12.8 Å². The van der Waals surface area contributed by atoms with Crippen molar-refractivity contribution < 1.29 is 9.59 Å². The maximum Gasteiger partial charge on any atom is 0.265 e. The van der Waals surface area contributed by atoms with E-state index in [4.69, 9.17) is 0 Å². The number of thiazole rings is 1. The van der Waals surface area contributed by atoms with Gasteiger partial charge in [0.05, 0.1) is 17.1 Å². The van der Waals surface area contributed by atoms with Gasteiger partial charge in [0.25, 0.3) is 5.91 Å². The molecule has 0 aromatic carbocycles. The molecule has 2 amide bonds. The predicted octanol–water partition coefficient (Wildman–Crippen LogP) is 2.05. The minimum absolute atomic E-state index is 0.120. The fraction of sp³-hybridized carbons (Fsp3) is 0.737. The van der Waals surface area contributed by atoms with E-state index in [-0.39, 0.29) is 17.7 Å². The first-order valence-electron chi connectivity index (χ1n) is 9.86. The first kappa shape index (κ1) is 17.9. The molecule has 1 atom stereocenters. The molecule has 1 aromatic rings. The third-order valence-electron chi connectivity index (χ3n) is 5.85. The summed E-state index contributed by atoms with van der Waals surface area (Å²) < 4.78 is 0. The summed E-state index contributed by atoms with van der Waals surface area (Å²) in [4.78, 5) is 34.4. The van der Waals surface area contributed by atoms with Crippen LogP contribution >= 0.6 is 11.3 Å². The minimum atomic E-state index is 0.120. The van der Waals surface area contributed by atoms with E-state index < -0.39 is 0 Å². The lowest BCUT2D eigenvalue weighted by Crippen LogP contribution is -2.51. The molecule has 2 saturated heterocycles. The van der Waals surface area contributed by atoms with Crippen LogP contribution in [-0.2, 0) is 4.79 Å². The van der Waals surface area contributed by atoms with Crippen LogP contribution in [-0.4, -0.2) is 64.9 Å². The van der Waals surface area contributed by atoms with Crippen LogP contribution < -0.4 is 5.32 Å². The van der Waals surface area contributed by atoms with E-state index in [0.29, 0.717) is 12.1 Å². The number of carbonyl (C=O) groups excluding carboxylic acids is 2. The number of aryl methyl sites for hydroxylation is 1. The SMILES string of the molecule is Cc1ncc(C(=O)N2CCC(N3CCCC(C(=O)NC4CC4)C3)CC2)s1. The number of piperidine rings is 2. The molecule has 0 radical (unpaired) electrons. The zero-order valence-corrected chi connectivity index (χ0v) is 16.3. The molecule has 3 aliphatic rings. The fourth-order valence-electron chi connectivity index (χ4n) is 4.15. The second kappa shape index (κ2) is 7.64. The third kappa shape index (κ3) is 4.09. The summed E-state index contributed by atoms with van der Waals surface area (Å²) in [6.07, 6.45) is 8.10. The summed E-state index contributed by atoms with van der Waals surface area (Å²) in [6.45, 7) is 5.50. The summed E-state index contributed by atoms with van der Waals surface area (Å²) in [5.41, 5.74) is 0. The molecular formula is C19H28N4O2S. The molecule has 1 saturated carbocycles. The lowest BCUT2D eigenvalue weighted by molar-refractivity contribution is -0.127. The highest BCUT2D eigenvalue weighted by Gasteiger charge is 2.34. The second-order valence-electron chi connectivity index (χ2n) is 7.88. The van der Waals surface area contributed by atoms with Gasteiger partial charge in [-0.15, -0.1) is 11.3 Å². The number of nitrogens with zero attached hydrogens (tertiary/aromatic N) is 3. The van der Waals surface area contributed by atoms with Crippen molar-refractivity contribution in [3.05, 3.63) is 16.1 Å². The highest BCUT2D eigenvalue weighted by atomic mass is 32.1. The number of aromatic nitrogens is 1. The Labute approximate surface area is 159 Å². The van der Waals surface area contributed by atoms with Gasteiger partial charge in [0, 0.05) is 31.7 Å². The van der Waals surface area contributed by atoms with E-state index in [9.17, 15) is 9.59 Å². The van der Waals surface area contributed by atoms with E-state index in [0.717, 1.165) is 74.6 Å². The summed E-state index contributed by atoms with van der Waals surface area (Å²) in [5, 5.41) is 4.10. The van der Waals surface area contributed by atoms with E-state index in [2.05, 4.69) is 15.2 Å². The molecule has 0 spiro atoms. The van der Waals surface area contributed by atoms with Gasteiger partial charge in [-0.05, 0) is 52.0 Å². The van der Waals surface area contributed by atoms with Crippen molar-refractivity contribution in [2.24, 2.45) is 5.92 Å². The highest BCUT2D eigenvalue weighted by molar-refractivity contribution is 7.13. The number of likely N-dealkylation sites (tertiary alicyclic amines) is 2. The molecule has 142 valence electrons. The molecule has 3 heterocycles. The zero-order valence-electron chi connectivity index (χ0n) is 15.4. The summed E-state index contributed by atoms with van der Waals surface area (Å²) in [5.74, 6) is 0.518. The molecule has 3 fully saturated rings. The molecule has 1 unspecified atom stereocenters. The van der Waals surface area contributed by atoms with Crippen molar-refractivity contribution >= 4 is 23.2 Å². The smallest absolute Gasteiger partial charge is 0.265 e. The summed E-state index contributed by atoms with van der Waals surface area (Å²) in [7, 11) is 0. The van der Waals surface area contributed by atoms with Crippen molar-refractivity contribution in [2.75, 3.05) is 26.2 Å². The highest BCUT2D eigenvalue weighted by Crippen LogP contribution is 2.26. The average Bonchev–Trinajstić information content (AvgIpc) is 3.38. The Morgan fingerprint density at radius 3 is 2.58 bits per heavy atom. The van der Waals surface area contributed by atoms with Crippen molar-refractivity contribution in [1.29, 1.82) is 0 Å². The number of hydrogen-bond acceptors (Lipinski definition) is 5. The van der Waals surface area contributed by atoms with Gasteiger partial charge in [0.1, 0.15) is 4.88 Å². The van der Waals surface area contributed by atoms with Crippen LogP contribution in [0.3, 0.4) is 0 Å². The number of amides is 2. The van der Waals surface area contributed by atoms with Gasteiger partial charge in [-0.3, -0.25) is 14.5 Å².